The summed E-state index contributed by atoms with van der Waals surface area (Å²) in [4.78, 5) is 43.8. The van der Waals surface area contributed by atoms with E-state index in [0.29, 0.717) is 19.4 Å². The van der Waals surface area contributed by atoms with Crippen LogP contribution in [0.3, 0.4) is 0 Å². The van der Waals surface area contributed by atoms with Crippen molar-refractivity contribution >= 4 is 71.7 Å². The van der Waals surface area contributed by atoms with Gasteiger partial charge in [0.15, 0.2) is 0 Å². The Morgan fingerprint density at radius 3 is 1.89 bits per heavy atom. The van der Waals surface area contributed by atoms with Crippen LogP contribution in [0.1, 0.15) is 58.6 Å². The highest BCUT2D eigenvalue weighted by Gasteiger charge is 2.41. The van der Waals surface area contributed by atoms with Crippen LogP contribution in [0.25, 0.3) is 21.8 Å². The molecule has 0 radical (unpaired) electrons. The number of rotatable bonds is 6. The molecule has 0 saturated carbocycles. The molecular weight excluding hydrogens is 732 g/mol. The Labute approximate surface area is 291 Å². The van der Waals surface area contributed by atoms with Gasteiger partial charge in [-0.05, 0) is 102 Å². The quantitative estimate of drug-likeness (QED) is 0.140. The Morgan fingerprint density at radius 2 is 1.34 bits per heavy atom. The van der Waals surface area contributed by atoms with Crippen molar-refractivity contribution in [3.63, 3.8) is 0 Å². The van der Waals surface area contributed by atoms with Crippen molar-refractivity contribution in [3.8, 4) is 0 Å². The number of nitrogens with one attached hydrogen (secondary N) is 3. The second-order valence-corrected chi connectivity index (χ2v) is 14.6. The smallest absolute Gasteiger partial charge is 0.410 e. The van der Waals surface area contributed by atoms with Gasteiger partial charge in [-0.2, -0.15) is 0 Å². The number of fused-ring (bicyclic) bond motifs is 2. The number of H-pyrrole nitrogens is 2. The summed E-state index contributed by atoms with van der Waals surface area (Å²) in [5.74, 6) is -0.546. The van der Waals surface area contributed by atoms with Gasteiger partial charge in [-0.15, -0.1) is 0 Å². The molecule has 4 atom stereocenters. The van der Waals surface area contributed by atoms with Gasteiger partial charge in [0.25, 0.3) is 0 Å². The molecule has 47 heavy (non-hydrogen) atoms. The van der Waals surface area contributed by atoms with Crippen molar-refractivity contribution in [1.29, 1.82) is 0 Å². The van der Waals surface area contributed by atoms with Crippen molar-refractivity contribution in [3.05, 3.63) is 68.9 Å². The van der Waals surface area contributed by atoms with E-state index in [0.717, 1.165) is 50.6 Å². The summed E-state index contributed by atoms with van der Waals surface area (Å²) in [6, 6.07) is 16.1. The number of aromatic amines is 2. The summed E-state index contributed by atoms with van der Waals surface area (Å²) in [5.41, 5.74) is 3.85. The Hall–Kier alpha value is -3.35. The molecule has 3 N–H and O–H groups in total. The first-order valence-corrected chi connectivity index (χ1v) is 17.5. The number of ether oxygens (including phenoxy) is 3. The maximum atomic E-state index is 12.7. The first-order valence-electron chi connectivity index (χ1n) is 15.9. The third kappa shape index (κ3) is 8.58. The number of amides is 1. The molecule has 10 nitrogen and oxygen atoms in total. The van der Waals surface area contributed by atoms with E-state index < -0.39 is 5.60 Å². The normalized spacial score (nSPS) is 21.0. The van der Waals surface area contributed by atoms with E-state index >= 15 is 0 Å². The zero-order chi connectivity index (χ0) is 33.9. The van der Waals surface area contributed by atoms with Crippen LogP contribution < -0.4 is 5.32 Å². The fourth-order valence-corrected chi connectivity index (χ4v) is 7.61. The Morgan fingerprint density at radius 1 is 0.809 bits per heavy atom. The van der Waals surface area contributed by atoms with E-state index in [1.54, 1.807) is 4.90 Å². The van der Waals surface area contributed by atoms with Crippen LogP contribution in [0.15, 0.2) is 57.7 Å². The molecule has 0 aliphatic carbocycles. The van der Waals surface area contributed by atoms with Gasteiger partial charge in [-0.25, -0.2) is 4.79 Å². The molecule has 2 aliphatic rings. The molecule has 252 valence electrons. The van der Waals surface area contributed by atoms with E-state index in [4.69, 9.17) is 14.2 Å². The summed E-state index contributed by atoms with van der Waals surface area (Å²) in [6.07, 6.45) is 2.11. The Bertz CT molecular complexity index is 1740. The summed E-state index contributed by atoms with van der Waals surface area (Å²) < 4.78 is 18.4. The highest BCUT2D eigenvalue weighted by Crippen LogP contribution is 2.33. The number of likely N-dealkylation sites (tertiary alicyclic amines) is 1. The van der Waals surface area contributed by atoms with Crippen molar-refractivity contribution in [2.75, 3.05) is 13.1 Å². The molecular formula is C35H42Br2N4O6. The number of para-hydroxylation sites is 2. The highest BCUT2D eigenvalue weighted by atomic mass is 79.9. The van der Waals surface area contributed by atoms with Gasteiger partial charge in [0.2, 0.25) is 0 Å². The van der Waals surface area contributed by atoms with E-state index in [2.05, 4.69) is 59.3 Å². The van der Waals surface area contributed by atoms with Gasteiger partial charge in [-0.1, -0.05) is 36.4 Å². The lowest BCUT2D eigenvalue weighted by Gasteiger charge is -2.30. The lowest BCUT2D eigenvalue weighted by Crippen LogP contribution is -2.44. The van der Waals surface area contributed by atoms with Crippen LogP contribution in [0.2, 0.25) is 0 Å². The molecule has 4 aromatic rings. The van der Waals surface area contributed by atoms with E-state index in [1.807, 2.05) is 57.2 Å². The van der Waals surface area contributed by atoms with Gasteiger partial charge in [0.05, 0.1) is 15.2 Å². The molecule has 0 unspecified atom stereocenters. The highest BCUT2D eigenvalue weighted by molar-refractivity contribution is 9.10. The third-order valence-corrected chi connectivity index (χ3v) is 9.74. The number of hydrogen-bond donors (Lipinski definition) is 3. The lowest BCUT2D eigenvalue weighted by atomic mass is 10.0. The second-order valence-electron chi connectivity index (χ2n) is 13.0. The van der Waals surface area contributed by atoms with E-state index in [-0.39, 0.29) is 42.3 Å². The van der Waals surface area contributed by atoms with Crippen LogP contribution in [-0.2, 0) is 36.6 Å². The number of halogens is 2. The lowest BCUT2D eigenvalue weighted by molar-refractivity contribution is -0.148. The van der Waals surface area contributed by atoms with Crippen molar-refractivity contribution in [1.82, 2.24) is 20.2 Å². The maximum absolute atomic E-state index is 12.7. The minimum atomic E-state index is -0.581. The number of carbonyl (C=O) groups excluding carboxylic acids is 3. The third-order valence-electron chi connectivity index (χ3n) is 8.39. The molecule has 4 heterocycles. The fourth-order valence-electron chi connectivity index (χ4n) is 6.43. The largest absolute Gasteiger partial charge is 0.461 e. The number of carbonyl (C=O) groups is 3. The minimum Gasteiger partial charge on any atom is -0.461 e. The summed E-state index contributed by atoms with van der Waals surface area (Å²) >= 11 is 7.19. The van der Waals surface area contributed by atoms with Gasteiger partial charge in [0, 0.05) is 54.7 Å². The fraction of sp³-hybridized carbons (Fsp3) is 0.457. The first-order chi connectivity index (χ1) is 22.3. The van der Waals surface area contributed by atoms with Crippen molar-refractivity contribution in [2.45, 2.75) is 90.2 Å². The van der Waals surface area contributed by atoms with Gasteiger partial charge in [0.1, 0.15) is 17.8 Å². The molecule has 2 aliphatic heterocycles. The average molecular weight is 775 g/mol. The summed E-state index contributed by atoms with van der Waals surface area (Å²) in [6.45, 7) is 9.78. The zero-order valence-electron chi connectivity index (χ0n) is 27.3. The Balaban J connectivity index is 0.000000193. The monoisotopic (exact) mass is 772 g/mol. The average Bonchev–Trinajstić information content (AvgIpc) is 3.74. The molecule has 2 aromatic heterocycles. The predicted octanol–water partition coefficient (Wildman–Crippen LogP) is 7.18. The number of benzene rings is 2. The van der Waals surface area contributed by atoms with Gasteiger partial charge >= 0.3 is 18.0 Å². The zero-order valence-corrected chi connectivity index (χ0v) is 30.5. The summed E-state index contributed by atoms with van der Waals surface area (Å²) in [7, 11) is 0. The number of hydrogen-bond acceptors (Lipinski definition) is 7. The number of nitrogens with zero attached hydrogens (tertiary/aromatic N) is 1. The molecule has 2 saturated heterocycles. The maximum Gasteiger partial charge on any atom is 0.410 e. The summed E-state index contributed by atoms with van der Waals surface area (Å²) in [5, 5.41) is 5.73. The number of aromatic nitrogens is 2. The first kappa shape index (κ1) is 35.0. The Kier molecular flexibility index (Phi) is 11.0. The van der Waals surface area contributed by atoms with E-state index in [9.17, 15) is 14.4 Å². The predicted molar refractivity (Wildman–Crippen MR) is 188 cm³/mol. The van der Waals surface area contributed by atoms with Crippen LogP contribution in [-0.4, -0.2) is 75.9 Å². The molecule has 6 rings (SSSR count). The molecule has 0 spiro atoms. The van der Waals surface area contributed by atoms with Gasteiger partial charge < -0.3 is 34.4 Å². The van der Waals surface area contributed by atoms with E-state index in [1.165, 1.54) is 24.8 Å². The standard InChI is InChI=1S/C20H25BrN2O4.C15H17BrN2O2/c1-12(24)26-17-9-10-23(19(25)27-20(2,3)4)16(17)11-14-13-7-5-6-8-15(13)22-18(14)21;1-9(19)20-14-6-7-17-13(14)8-11-10-4-2-3-5-12(10)18-15(11)16/h5-8,16-17,22H,9-11H2,1-4H3;2-5,13-14,17-18H,6-8H2,1H3/t16-,17-;13-,14-/m11/s1. The van der Waals surface area contributed by atoms with Crippen LogP contribution in [0, 0.1) is 0 Å². The van der Waals surface area contributed by atoms with Gasteiger partial charge in [-0.3, -0.25) is 9.59 Å². The van der Waals surface area contributed by atoms with Crippen LogP contribution in [0.4, 0.5) is 4.79 Å². The molecule has 1 amide bonds. The molecule has 2 aromatic carbocycles. The molecule has 12 heteroatoms. The van der Waals surface area contributed by atoms with Crippen LogP contribution >= 0.6 is 31.9 Å². The minimum absolute atomic E-state index is 0.0342. The second kappa shape index (κ2) is 14.8. The number of esters is 2. The van der Waals surface area contributed by atoms with Crippen molar-refractivity contribution < 1.29 is 28.6 Å². The molecule has 0 bridgehead atoms. The van der Waals surface area contributed by atoms with Crippen molar-refractivity contribution in [2.24, 2.45) is 0 Å². The van der Waals surface area contributed by atoms with Crippen LogP contribution in [0.5, 0.6) is 0 Å². The topological polar surface area (TPSA) is 126 Å². The molecule has 2 fully saturated rings. The SMILES string of the molecule is CC(=O)O[C@@H]1CCN(C(=O)OC(C)(C)C)[C@@H]1Cc1c(Br)[nH]c2ccccc12.CC(=O)O[C@@H]1CCN[C@@H]1Cc1c(Br)[nH]c2ccccc12.